The molecule has 5 nitrogen and oxygen atoms in total. The number of piperidine rings is 1. The first-order valence-electron chi connectivity index (χ1n) is 7.52. The zero-order valence-corrected chi connectivity index (χ0v) is 12.9. The van der Waals surface area contributed by atoms with Crippen LogP contribution in [-0.4, -0.2) is 62.3 Å². The van der Waals surface area contributed by atoms with E-state index in [0.717, 1.165) is 44.7 Å². The summed E-state index contributed by atoms with van der Waals surface area (Å²) in [5, 5.41) is 12.5. The second-order valence-electron chi connectivity index (χ2n) is 5.87. The van der Waals surface area contributed by atoms with E-state index in [2.05, 4.69) is 29.2 Å². The van der Waals surface area contributed by atoms with Crippen LogP contribution >= 0.6 is 0 Å². The molecule has 0 radical (unpaired) electrons. The van der Waals surface area contributed by atoms with E-state index in [1.165, 1.54) is 0 Å². The Morgan fingerprint density at radius 3 is 2.43 bits per heavy atom. The van der Waals surface area contributed by atoms with Gasteiger partial charge in [-0.05, 0) is 51.2 Å². The Labute approximate surface area is 126 Å². The fraction of sp³-hybridized carbons (Fsp3) is 0.562. The first kappa shape index (κ1) is 15.8. The number of anilines is 1. The average Bonchev–Trinajstić information content (AvgIpc) is 2.48. The monoisotopic (exact) mass is 291 g/mol. The van der Waals surface area contributed by atoms with E-state index in [1.807, 2.05) is 12.1 Å². The SMILES string of the molecule is CN(C)CCNC1CCN(c2ccc(C(=O)O)cc2)CC1. The van der Waals surface area contributed by atoms with Gasteiger partial charge in [-0.15, -0.1) is 0 Å². The number of rotatable bonds is 6. The molecule has 21 heavy (non-hydrogen) atoms. The van der Waals surface area contributed by atoms with Crippen LogP contribution < -0.4 is 10.2 Å². The van der Waals surface area contributed by atoms with Crippen molar-refractivity contribution in [1.29, 1.82) is 0 Å². The number of nitrogens with one attached hydrogen (secondary N) is 1. The first-order chi connectivity index (χ1) is 10.1. The van der Waals surface area contributed by atoms with Crippen LogP contribution in [0.4, 0.5) is 5.69 Å². The number of carboxylic acids is 1. The molecule has 0 spiro atoms. The summed E-state index contributed by atoms with van der Waals surface area (Å²) >= 11 is 0. The largest absolute Gasteiger partial charge is 0.478 e. The molecule has 0 aromatic heterocycles. The molecule has 1 aromatic rings. The number of carboxylic acid groups (broad SMARTS) is 1. The van der Waals surface area contributed by atoms with Crippen LogP contribution in [0, 0.1) is 0 Å². The van der Waals surface area contributed by atoms with E-state index in [-0.39, 0.29) is 0 Å². The predicted molar refractivity (Wildman–Crippen MR) is 85.2 cm³/mol. The standard InChI is InChI=1S/C16H25N3O2/c1-18(2)12-9-17-14-7-10-19(11-8-14)15-5-3-13(4-6-15)16(20)21/h3-6,14,17H,7-12H2,1-2H3,(H,20,21). The molecule has 116 valence electrons. The van der Waals surface area contributed by atoms with Crippen molar-refractivity contribution >= 4 is 11.7 Å². The van der Waals surface area contributed by atoms with E-state index in [0.29, 0.717) is 11.6 Å². The molecular formula is C16H25N3O2. The van der Waals surface area contributed by atoms with Gasteiger partial charge in [0, 0.05) is 37.9 Å². The van der Waals surface area contributed by atoms with Crippen molar-refractivity contribution in [3.05, 3.63) is 29.8 Å². The highest BCUT2D eigenvalue weighted by Crippen LogP contribution is 2.20. The van der Waals surface area contributed by atoms with Gasteiger partial charge in [-0.25, -0.2) is 4.79 Å². The van der Waals surface area contributed by atoms with E-state index in [4.69, 9.17) is 5.11 Å². The van der Waals surface area contributed by atoms with Crippen LogP contribution in [0.5, 0.6) is 0 Å². The second-order valence-corrected chi connectivity index (χ2v) is 5.87. The lowest BCUT2D eigenvalue weighted by atomic mass is 10.0. The number of hydrogen-bond donors (Lipinski definition) is 2. The summed E-state index contributed by atoms with van der Waals surface area (Å²) in [6, 6.07) is 7.77. The summed E-state index contributed by atoms with van der Waals surface area (Å²) in [5.74, 6) is -0.870. The maximum Gasteiger partial charge on any atom is 0.335 e. The third-order valence-electron chi connectivity index (χ3n) is 3.97. The van der Waals surface area contributed by atoms with Gasteiger partial charge in [-0.3, -0.25) is 0 Å². The fourth-order valence-electron chi connectivity index (χ4n) is 2.65. The van der Waals surface area contributed by atoms with Crippen LogP contribution in [-0.2, 0) is 0 Å². The molecule has 5 heteroatoms. The molecular weight excluding hydrogens is 266 g/mol. The van der Waals surface area contributed by atoms with Crippen LogP contribution in [0.25, 0.3) is 0 Å². The van der Waals surface area contributed by atoms with Gasteiger partial charge in [0.2, 0.25) is 0 Å². The lowest BCUT2D eigenvalue weighted by Gasteiger charge is -2.34. The van der Waals surface area contributed by atoms with Crippen molar-refractivity contribution in [2.75, 3.05) is 45.2 Å². The Balaban J connectivity index is 1.79. The molecule has 0 bridgehead atoms. The molecule has 0 aliphatic carbocycles. The number of aromatic carboxylic acids is 1. The average molecular weight is 291 g/mol. The maximum absolute atomic E-state index is 10.9. The van der Waals surface area contributed by atoms with E-state index < -0.39 is 5.97 Å². The van der Waals surface area contributed by atoms with Gasteiger partial charge in [0.1, 0.15) is 0 Å². The van der Waals surface area contributed by atoms with Crippen molar-refractivity contribution < 1.29 is 9.90 Å². The minimum Gasteiger partial charge on any atom is -0.478 e. The first-order valence-corrected chi connectivity index (χ1v) is 7.52. The van der Waals surface area contributed by atoms with Gasteiger partial charge in [0.15, 0.2) is 0 Å². The Hall–Kier alpha value is -1.59. The molecule has 2 rings (SSSR count). The fourth-order valence-corrected chi connectivity index (χ4v) is 2.65. The minimum absolute atomic E-state index is 0.346. The molecule has 0 unspecified atom stereocenters. The molecule has 0 amide bonds. The maximum atomic E-state index is 10.9. The zero-order valence-electron chi connectivity index (χ0n) is 12.9. The highest BCUT2D eigenvalue weighted by Gasteiger charge is 2.19. The molecule has 0 saturated carbocycles. The van der Waals surface area contributed by atoms with Gasteiger partial charge in [-0.2, -0.15) is 0 Å². The number of likely N-dealkylation sites (N-methyl/N-ethyl adjacent to an activating group) is 1. The van der Waals surface area contributed by atoms with Gasteiger partial charge in [-0.1, -0.05) is 0 Å². The van der Waals surface area contributed by atoms with Crippen molar-refractivity contribution in [1.82, 2.24) is 10.2 Å². The van der Waals surface area contributed by atoms with Crippen LogP contribution in [0.2, 0.25) is 0 Å². The number of nitrogens with zero attached hydrogens (tertiary/aromatic N) is 2. The zero-order chi connectivity index (χ0) is 15.2. The van der Waals surface area contributed by atoms with Crippen molar-refractivity contribution in [3.63, 3.8) is 0 Å². The van der Waals surface area contributed by atoms with Gasteiger partial charge < -0.3 is 20.2 Å². The van der Waals surface area contributed by atoms with Crippen molar-refractivity contribution in [3.8, 4) is 0 Å². The third-order valence-corrected chi connectivity index (χ3v) is 3.97. The predicted octanol–water partition coefficient (Wildman–Crippen LogP) is 1.50. The summed E-state index contributed by atoms with van der Waals surface area (Å²) in [6.45, 7) is 4.14. The second kappa shape index (κ2) is 7.43. The van der Waals surface area contributed by atoms with Gasteiger partial charge >= 0.3 is 5.97 Å². The highest BCUT2D eigenvalue weighted by molar-refractivity contribution is 5.88. The number of hydrogen-bond acceptors (Lipinski definition) is 4. The molecule has 1 aromatic carbocycles. The molecule has 1 fully saturated rings. The summed E-state index contributed by atoms with van der Waals surface area (Å²) in [6.07, 6.45) is 2.27. The number of carbonyl (C=O) groups is 1. The molecule has 1 aliphatic rings. The summed E-state index contributed by atoms with van der Waals surface area (Å²) < 4.78 is 0. The molecule has 1 heterocycles. The normalized spacial score (nSPS) is 16.4. The highest BCUT2D eigenvalue weighted by atomic mass is 16.4. The lowest BCUT2D eigenvalue weighted by molar-refractivity contribution is 0.0697. The summed E-state index contributed by atoms with van der Waals surface area (Å²) in [4.78, 5) is 15.4. The molecule has 1 saturated heterocycles. The Bertz CT molecular complexity index is 451. The van der Waals surface area contributed by atoms with Crippen LogP contribution in [0.1, 0.15) is 23.2 Å². The van der Waals surface area contributed by atoms with E-state index >= 15 is 0 Å². The van der Waals surface area contributed by atoms with Crippen molar-refractivity contribution in [2.45, 2.75) is 18.9 Å². The summed E-state index contributed by atoms with van der Waals surface area (Å²) in [7, 11) is 4.18. The Morgan fingerprint density at radius 2 is 1.90 bits per heavy atom. The third kappa shape index (κ3) is 4.72. The molecule has 1 aliphatic heterocycles. The lowest BCUT2D eigenvalue weighted by Crippen LogP contribution is -2.44. The topological polar surface area (TPSA) is 55.8 Å². The van der Waals surface area contributed by atoms with Crippen LogP contribution in [0.15, 0.2) is 24.3 Å². The van der Waals surface area contributed by atoms with Crippen LogP contribution in [0.3, 0.4) is 0 Å². The molecule has 2 N–H and O–H groups in total. The minimum atomic E-state index is -0.870. The number of benzene rings is 1. The van der Waals surface area contributed by atoms with E-state index in [1.54, 1.807) is 12.1 Å². The molecule has 0 atom stereocenters. The summed E-state index contributed by atoms with van der Waals surface area (Å²) in [5.41, 5.74) is 1.46. The van der Waals surface area contributed by atoms with Gasteiger partial charge in [0.25, 0.3) is 0 Å². The quantitative estimate of drug-likeness (QED) is 0.832. The van der Waals surface area contributed by atoms with E-state index in [9.17, 15) is 4.79 Å². The van der Waals surface area contributed by atoms with Crippen molar-refractivity contribution in [2.24, 2.45) is 0 Å². The smallest absolute Gasteiger partial charge is 0.335 e. The Kier molecular flexibility index (Phi) is 5.59. The Morgan fingerprint density at radius 1 is 1.29 bits per heavy atom. The van der Waals surface area contributed by atoms with Gasteiger partial charge in [0.05, 0.1) is 5.56 Å².